The monoisotopic (exact) mass is 555 g/mol. The van der Waals surface area contributed by atoms with Crippen molar-refractivity contribution in [1.29, 1.82) is 0 Å². The van der Waals surface area contributed by atoms with Crippen LogP contribution < -0.4 is 25.0 Å². The smallest absolute Gasteiger partial charge is 0.408 e. The molecule has 0 saturated carbocycles. The first-order chi connectivity index (χ1) is 18.6. The highest BCUT2D eigenvalue weighted by Gasteiger charge is 2.26. The summed E-state index contributed by atoms with van der Waals surface area (Å²) in [6, 6.07) is 9.07. The summed E-state index contributed by atoms with van der Waals surface area (Å²) in [6.07, 6.45) is 2.35. The first-order valence-electron chi connectivity index (χ1n) is 12.7. The molecule has 1 aromatic heterocycles. The second-order valence-corrected chi connectivity index (χ2v) is 11.1. The molecule has 4 rings (SSSR count). The van der Waals surface area contributed by atoms with Crippen LogP contribution in [0.2, 0.25) is 0 Å². The van der Waals surface area contributed by atoms with Crippen LogP contribution in [0.3, 0.4) is 0 Å². The van der Waals surface area contributed by atoms with E-state index < -0.39 is 23.7 Å². The molecule has 0 aliphatic carbocycles. The minimum Gasteiger partial charge on any atom is -0.490 e. The van der Waals surface area contributed by atoms with Gasteiger partial charge in [0.25, 0.3) is 0 Å². The first-order valence-corrected chi connectivity index (χ1v) is 14.1. The average Bonchev–Trinajstić information content (AvgIpc) is 3.10. The summed E-state index contributed by atoms with van der Waals surface area (Å²) in [5.41, 5.74) is 0.436. The maximum Gasteiger partial charge on any atom is 0.408 e. The Morgan fingerprint density at radius 2 is 1.82 bits per heavy atom. The Kier molecular flexibility index (Phi) is 8.74. The third kappa shape index (κ3) is 7.06. The quantitative estimate of drug-likeness (QED) is 0.299. The lowest BCUT2D eigenvalue weighted by Gasteiger charge is -2.22. The molecule has 1 atom stereocenters. The Labute approximate surface area is 231 Å². The van der Waals surface area contributed by atoms with Gasteiger partial charge in [-0.05, 0) is 76.0 Å². The molecule has 1 aliphatic heterocycles. The van der Waals surface area contributed by atoms with Crippen LogP contribution in [0.25, 0.3) is 22.1 Å². The minimum atomic E-state index is -0.904. The summed E-state index contributed by atoms with van der Waals surface area (Å²) < 4.78 is 28.3. The average molecular weight is 556 g/mol. The van der Waals surface area contributed by atoms with E-state index in [0.717, 1.165) is 6.42 Å². The number of esters is 1. The van der Waals surface area contributed by atoms with Crippen molar-refractivity contribution in [2.24, 2.45) is 0 Å². The number of rotatable bonds is 7. The summed E-state index contributed by atoms with van der Waals surface area (Å²) >= 11 is 1.54. The van der Waals surface area contributed by atoms with E-state index in [1.165, 1.54) is 12.1 Å². The summed E-state index contributed by atoms with van der Waals surface area (Å²) in [4.78, 5) is 38.7. The fourth-order valence-electron chi connectivity index (χ4n) is 4.12. The number of amides is 1. The zero-order chi connectivity index (χ0) is 28.2. The Bertz CT molecular complexity index is 1430. The number of nitrogens with one attached hydrogen (secondary N) is 1. The van der Waals surface area contributed by atoms with Crippen LogP contribution in [0.4, 0.5) is 4.79 Å². The van der Waals surface area contributed by atoms with Crippen LogP contribution in [0.1, 0.15) is 39.4 Å². The molecule has 2 heterocycles. The van der Waals surface area contributed by atoms with Crippen LogP contribution in [0, 0.1) is 6.92 Å². The summed E-state index contributed by atoms with van der Waals surface area (Å²) in [5, 5.41) is 2.93. The lowest BCUT2D eigenvalue weighted by Crippen LogP contribution is -2.45. The van der Waals surface area contributed by atoms with Crippen molar-refractivity contribution in [2.45, 2.75) is 52.2 Å². The predicted octanol–water partition coefficient (Wildman–Crippen LogP) is 5.48. The molecule has 3 aromatic rings. The third-order valence-corrected chi connectivity index (χ3v) is 6.52. The van der Waals surface area contributed by atoms with E-state index in [1.54, 1.807) is 63.7 Å². The number of hydrogen-bond donors (Lipinski definition) is 1. The number of ether oxygens (including phenoxy) is 4. The number of carbonyl (C=O) groups is 2. The van der Waals surface area contributed by atoms with Crippen molar-refractivity contribution in [3.8, 4) is 28.4 Å². The maximum absolute atomic E-state index is 13.5. The molecule has 1 amide bonds. The van der Waals surface area contributed by atoms with Gasteiger partial charge in [0.2, 0.25) is 5.43 Å². The molecule has 10 heteroatoms. The van der Waals surface area contributed by atoms with Gasteiger partial charge < -0.3 is 28.7 Å². The van der Waals surface area contributed by atoms with Crippen molar-refractivity contribution >= 4 is 34.8 Å². The van der Waals surface area contributed by atoms with Gasteiger partial charge in [-0.15, -0.1) is 0 Å². The van der Waals surface area contributed by atoms with Crippen molar-refractivity contribution in [3.05, 3.63) is 52.4 Å². The normalized spacial score (nSPS) is 13.9. The van der Waals surface area contributed by atoms with Crippen molar-refractivity contribution in [1.82, 2.24) is 5.32 Å². The van der Waals surface area contributed by atoms with E-state index in [2.05, 4.69) is 5.32 Å². The molecule has 1 N–H and O–H groups in total. The predicted molar refractivity (Wildman–Crippen MR) is 150 cm³/mol. The molecule has 39 heavy (non-hydrogen) atoms. The Balaban J connectivity index is 1.58. The van der Waals surface area contributed by atoms with Crippen molar-refractivity contribution in [3.63, 3.8) is 0 Å². The maximum atomic E-state index is 13.5. The van der Waals surface area contributed by atoms with E-state index in [0.29, 0.717) is 59.2 Å². The standard InChI is InChI=1S/C29H33NO8S/c1-17-25(18-7-10-22-24(15-18)35-13-6-12-34-22)26(31)20-9-8-19(16-23(20)36-17)37-27(32)21(11-14-39-5)30-28(33)38-29(2,3)4/h7-10,15-16,21H,6,11-14H2,1-5H3,(H,30,33)/t21-/m0/s1. The molecular formula is C29H33NO8S. The molecule has 0 saturated heterocycles. The Hall–Kier alpha value is -3.66. The molecule has 0 bridgehead atoms. The molecule has 0 fully saturated rings. The Morgan fingerprint density at radius 3 is 2.54 bits per heavy atom. The number of benzene rings is 2. The van der Waals surface area contributed by atoms with Gasteiger partial charge in [-0.3, -0.25) is 4.79 Å². The molecule has 1 aliphatic rings. The van der Waals surface area contributed by atoms with Crippen LogP contribution in [-0.4, -0.2) is 48.9 Å². The molecular weight excluding hydrogens is 522 g/mol. The largest absolute Gasteiger partial charge is 0.490 e. The highest BCUT2D eigenvalue weighted by atomic mass is 32.2. The van der Waals surface area contributed by atoms with E-state index in [9.17, 15) is 14.4 Å². The zero-order valence-corrected chi connectivity index (χ0v) is 23.6. The third-order valence-electron chi connectivity index (χ3n) is 5.88. The highest BCUT2D eigenvalue weighted by Crippen LogP contribution is 2.35. The summed E-state index contributed by atoms with van der Waals surface area (Å²) in [5.74, 6) is 1.82. The number of alkyl carbamates (subject to hydrolysis) is 1. The van der Waals surface area contributed by atoms with E-state index in [-0.39, 0.29) is 16.8 Å². The highest BCUT2D eigenvalue weighted by molar-refractivity contribution is 7.98. The minimum absolute atomic E-state index is 0.193. The van der Waals surface area contributed by atoms with Gasteiger partial charge in [0, 0.05) is 12.5 Å². The SMILES string of the molecule is CSCC[C@H](NC(=O)OC(C)(C)C)C(=O)Oc1ccc2c(=O)c(-c3ccc4c(c3)OCCCO4)c(C)oc2c1. The van der Waals surface area contributed by atoms with Gasteiger partial charge in [0.05, 0.1) is 24.2 Å². The number of fused-ring (bicyclic) bond motifs is 2. The zero-order valence-electron chi connectivity index (χ0n) is 22.8. The number of aryl methyl sites for hydroxylation is 1. The molecule has 0 spiro atoms. The lowest BCUT2D eigenvalue weighted by atomic mass is 10.0. The van der Waals surface area contributed by atoms with Gasteiger partial charge in [-0.2, -0.15) is 11.8 Å². The second kappa shape index (κ2) is 12.0. The lowest BCUT2D eigenvalue weighted by molar-refractivity contribution is -0.136. The van der Waals surface area contributed by atoms with Crippen LogP contribution in [-0.2, 0) is 9.53 Å². The number of thioether (sulfide) groups is 1. The van der Waals surface area contributed by atoms with Gasteiger partial charge >= 0.3 is 12.1 Å². The topological polar surface area (TPSA) is 113 Å². The van der Waals surface area contributed by atoms with Crippen molar-refractivity contribution < 1.29 is 33.0 Å². The fraction of sp³-hybridized carbons (Fsp3) is 0.414. The van der Waals surface area contributed by atoms with Crippen LogP contribution in [0.5, 0.6) is 17.2 Å². The molecule has 2 aromatic carbocycles. The summed E-state index contributed by atoms with van der Waals surface area (Å²) in [6.45, 7) is 8.05. The van der Waals surface area contributed by atoms with Crippen LogP contribution in [0.15, 0.2) is 45.6 Å². The first kappa shape index (κ1) is 28.4. The fourth-order valence-corrected chi connectivity index (χ4v) is 4.59. The van der Waals surface area contributed by atoms with Gasteiger partial charge in [0.1, 0.15) is 28.7 Å². The van der Waals surface area contributed by atoms with Gasteiger partial charge in [-0.1, -0.05) is 6.07 Å². The van der Waals surface area contributed by atoms with E-state index in [1.807, 2.05) is 6.26 Å². The molecule has 0 unspecified atom stereocenters. The summed E-state index contributed by atoms with van der Waals surface area (Å²) in [7, 11) is 0. The van der Waals surface area contributed by atoms with Crippen molar-refractivity contribution in [2.75, 3.05) is 25.2 Å². The molecule has 208 valence electrons. The second-order valence-electron chi connectivity index (χ2n) is 10.1. The molecule has 9 nitrogen and oxygen atoms in total. The van der Waals surface area contributed by atoms with E-state index in [4.69, 9.17) is 23.4 Å². The molecule has 0 radical (unpaired) electrons. The number of carbonyl (C=O) groups excluding carboxylic acids is 2. The van der Waals surface area contributed by atoms with Crippen LogP contribution >= 0.6 is 11.8 Å². The van der Waals surface area contributed by atoms with E-state index >= 15 is 0 Å². The van der Waals surface area contributed by atoms with Gasteiger partial charge in [0.15, 0.2) is 11.5 Å². The van der Waals surface area contributed by atoms with Gasteiger partial charge in [-0.25, -0.2) is 9.59 Å². The Morgan fingerprint density at radius 1 is 1.08 bits per heavy atom. The number of hydrogen-bond acceptors (Lipinski definition) is 9.